The molecule has 3 fully saturated rings. The van der Waals surface area contributed by atoms with Crippen LogP contribution in [0.25, 0.3) is 0 Å². The molecule has 6 nitrogen and oxygen atoms in total. The van der Waals surface area contributed by atoms with Crippen LogP contribution < -0.4 is 10.2 Å². The molecule has 5 rings (SSSR count). The highest BCUT2D eigenvalue weighted by Gasteiger charge is 2.45. The third kappa shape index (κ3) is 3.09. The number of piperidine rings is 1. The molecular formula is C19H23N5O. The third-order valence-electron chi connectivity index (χ3n) is 5.34. The molecule has 130 valence electrons. The van der Waals surface area contributed by atoms with Crippen molar-refractivity contribution in [1.29, 1.82) is 0 Å². The van der Waals surface area contributed by atoms with Crippen molar-refractivity contribution in [3.63, 3.8) is 0 Å². The van der Waals surface area contributed by atoms with E-state index < -0.39 is 0 Å². The summed E-state index contributed by atoms with van der Waals surface area (Å²) in [6.07, 6.45) is 2.81. The van der Waals surface area contributed by atoms with Crippen LogP contribution in [0.15, 0.2) is 36.7 Å². The van der Waals surface area contributed by atoms with Crippen molar-refractivity contribution in [2.75, 3.05) is 29.9 Å². The Morgan fingerprint density at radius 3 is 2.60 bits per heavy atom. The summed E-state index contributed by atoms with van der Waals surface area (Å²) in [4.78, 5) is 25.7. The fourth-order valence-corrected chi connectivity index (χ4v) is 3.85. The van der Waals surface area contributed by atoms with Gasteiger partial charge in [-0.05, 0) is 32.4 Å². The van der Waals surface area contributed by atoms with Crippen LogP contribution >= 0.6 is 0 Å². The van der Waals surface area contributed by atoms with E-state index in [9.17, 15) is 4.79 Å². The van der Waals surface area contributed by atoms with Gasteiger partial charge in [-0.25, -0.2) is 9.97 Å². The lowest BCUT2D eigenvalue weighted by Gasteiger charge is -2.56. The van der Waals surface area contributed by atoms with E-state index in [-0.39, 0.29) is 5.91 Å². The lowest BCUT2D eigenvalue weighted by atomic mass is 9.87. The van der Waals surface area contributed by atoms with Gasteiger partial charge in [0.2, 0.25) is 5.91 Å². The predicted octanol–water partition coefficient (Wildman–Crippen LogP) is 2.00. The van der Waals surface area contributed by atoms with Gasteiger partial charge in [-0.1, -0.05) is 18.2 Å². The van der Waals surface area contributed by atoms with Gasteiger partial charge in [0, 0.05) is 42.1 Å². The molecule has 25 heavy (non-hydrogen) atoms. The maximum Gasteiger partial charge on any atom is 0.238 e. The Morgan fingerprint density at radius 2 is 1.88 bits per heavy atom. The second-order valence-corrected chi connectivity index (χ2v) is 6.94. The van der Waals surface area contributed by atoms with Crippen molar-refractivity contribution in [2.24, 2.45) is 0 Å². The second kappa shape index (κ2) is 6.44. The minimum Gasteiger partial charge on any atom is -0.353 e. The van der Waals surface area contributed by atoms with Gasteiger partial charge in [-0.2, -0.15) is 0 Å². The third-order valence-corrected chi connectivity index (χ3v) is 5.34. The number of carbonyl (C=O) groups is 1. The second-order valence-electron chi connectivity index (χ2n) is 6.94. The summed E-state index contributed by atoms with van der Waals surface area (Å²) >= 11 is 0. The van der Waals surface area contributed by atoms with Gasteiger partial charge >= 0.3 is 0 Å². The Bertz CT molecular complexity index is 767. The van der Waals surface area contributed by atoms with Crippen molar-refractivity contribution in [2.45, 2.75) is 32.4 Å². The number of nitrogens with one attached hydrogen (secondary N) is 1. The Kier molecular flexibility index (Phi) is 4.13. The molecule has 3 aliphatic heterocycles. The van der Waals surface area contributed by atoms with Crippen LogP contribution in [-0.4, -0.2) is 52.5 Å². The van der Waals surface area contributed by atoms with Crippen molar-refractivity contribution in [1.82, 2.24) is 14.9 Å². The van der Waals surface area contributed by atoms with E-state index in [4.69, 9.17) is 0 Å². The Morgan fingerprint density at radius 1 is 1.16 bits per heavy atom. The molecular weight excluding hydrogens is 314 g/mol. The maximum atomic E-state index is 12.3. The minimum absolute atomic E-state index is 0.0587. The average molecular weight is 337 g/mol. The number of benzene rings is 1. The smallest absolute Gasteiger partial charge is 0.238 e. The van der Waals surface area contributed by atoms with E-state index in [1.807, 2.05) is 37.3 Å². The Labute approximate surface area is 147 Å². The van der Waals surface area contributed by atoms with Crippen molar-refractivity contribution < 1.29 is 4.79 Å². The normalized spacial score (nSPS) is 22.4. The zero-order valence-electron chi connectivity index (χ0n) is 14.6. The van der Waals surface area contributed by atoms with Crippen LogP contribution in [-0.2, 0) is 4.79 Å². The van der Waals surface area contributed by atoms with E-state index in [1.165, 1.54) is 0 Å². The van der Waals surface area contributed by atoms with E-state index in [0.717, 1.165) is 42.3 Å². The number of amides is 1. The number of aromatic nitrogens is 2. The standard InChI is InChI=1S/C19H23N5O/c1-13-14(2)20-12-21-19(13)23-9-16-8-17(10-23)24(16)11-18(25)22-15-6-4-3-5-7-15/h3-7,12,16-17H,8-11H2,1-2H3,(H,22,25). The highest BCUT2D eigenvalue weighted by Crippen LogP contribution is 2.34. The van der Waals surface area contributed by atoms with E-state index in [2.05, 4.69) is 32.0 Å². The summed E-state index contributed by atoms with van der Waals surface area (Å²) in [6.45, 7) is 6.40. The number of nitrogens with zero attached hydrogens (tertiary/aromatic N) is 4. The molecule has 2 aromatic rings. The van der Waals surface area contributed by atoms with E-state index in [1.54, 1.807) is 6.33 Å². The summed E-state index contributed by atoms with van der Waals surface area (Å²) < 4.78 is 0. The average Bonchev–Trinajstić information content (AvgIpc) is 2.63. The van der Waals surface area contributed by atoms with Crippen molar-refractivity contribution >= 4 is 17.4 Å². The van der Waals surface area contributed by atoms with Gasteiger partial charge in [0.1, 0.15) is 12.1 Å². The first-order valence-electron chi connectivity index (χ1n) is 8.75. The SMILES string of the molecule is Cc1ncnc(N2CC3CC(C2)N3CC(=O)Nc2ccccc2)c1C. The number of piperazine rings is 1. The molecule has 6 heteroatoms. The van der Waals surface area contributed by atoms with Gasteiger partial charge < -0.3 is 10.2 Å². The molecule has 2 atom stereocenters. The number of aryl methyl sites for hydroxylation is 1. The summed E-state index contributed by atoms with van der Waals surface area (Å²) in [5.74, 6) is 1.10. The number of hydrogen-bond donors (Lipinski definition) is 1. The number of rotatable bonds is 4. The Balaban J connectivity index is 1.37. The molecule has 3 aliphatic rings. The van der Waals surface area contributed by atoms with Gasteiger partial charge in [-0.3, -0.25) is 9.69 Å². The molecule has 2 unspecified atom stereocenters. The highest BCUT2D eigenvalue weighted by molar-refractivity contribution is 5.92. The number of anilines is 2. The topological polar surface area (TPSA) is 61.4 Å². The van der Waals surface area contributed by atoms with Gasteiger partial charge in [0.25, 0.3) is 0 Å². The largest absolute Gasteiger partial charge is 0.353 e. The van der Waals surface area contributed by atoms with Crippen LogP contribution in [0, 0.1) is 13.8 Å². The lowest BCUT2D eigenvalue weighted by molar-refractivity contribution is -0.121. The number of para-hydroxylation sites is 1. The summed E-state index contributed by atoms with van der Waals surface area (Å²) in [5, 5.41) is 2.97. The van der Waals surface area contributed by atoms with Crippen LogP contribution in [0.1, 0.15) is 17.7 Å². The number of fused-ring (bicyclic) bond motifs is 2. The highest BCUT2D eigenvalue weighted by atomic mass is 16.2. The first-order valence-corrected chi connectivity index (χ1v) is 8.75. The quantitative estimate of drug-likeness (QED) is 0.924. The first-order chi connectivity index (χ1) is 12.1. The molecule has 1 aromatic carbocycles. The molecule has 0 radical (unpaired) electrons. The molecule has 3 saturated heterocycles. The van der Waals surface area contributed by atoms with Crippen LogP contribution in [0.5, 0.6) is 0 Å². The Hall–Kier alpha value is -2.47. The summed E-state index contributed by atoms with van der Waals surface area (Å²) in [5.41, 5.74) is 3.03. The zero-order valence-corrected chi connectivity index (χ0v) is 14.6. The minimum atomic E-state index is 0.0587. The van der Waals surface area contributed by atoms with Gasteiger partial charge in [-0.15, -0.1) is 0 Å². The van der Waals surface area contributed by atoms with Crippen LogP contribution in [0.4, 0.5) is 11.5 Å². The van der Waals surface area contributed by atoms with E-state index >= 15 is 0 Å². The molecule has 0 aliphatic carbocycles. The molecule has 1 amide bonds. The van der Waals surface area contributed by atoms with Gasteiger partial charge in [0.05, 0.1) is 6.54 Å². The van der Waals surface area contributed by atoms with E-state index in [0.29, 0.717) is 18.6 Å². The molecule has 0 spiro atoms. The maximum absolute atomic E-state index is 12.3. The fraction of sp³-hybridized carbons (Fsp3) is 0.421. The first kappa shape index (κ1) is 16.0. The molecule has 1 aromatic heterocycles. The monoisotopic (exact) mass is 337 g/mol. The van der Waals surface area contributed by atoms with Gasteiger partial charge in [0.15, 0.2) is 0 Å². The van der Waals surface area contributed by atoms with Crippen molar-refractivity contribution in [3.05, 3.63) is 47.9 Å². The molecule has 0 saturated carbocycles. The summed E-state index contributed by atoms with van der Waals surface area (Å²) in [6, 6.07) is 10.5. The van der Waals surface area contributed by atoms with Crippen LogP contribution in [0.3, 0.4) is 0 Å². The van der Waals surface area contributed by atoms with Crippen molar-refractivity contribution in [3.8, 4) is 0 Å². The zero-order chi connectivity index (χ0) is 17.4. The number of carbonyl (C=O) groups excluding carboxylic acids is 1. The lowest BCUT2D eigenvalue weighted by Crippen LogP contribution is -2.70. The predicted molar refractivity (Wildman–Crippen MR) is 97.7 cm³/mol. The molecule has 2 bridgehead atoms. The van der Waals surface area contributed by atoms with Crippen LogP contribution in [0.2, 0.25) is 0 Å². The summed E-state index contributed by atoms with van der Waals surface area (Å²) in [7, 11) is 0. The molecule has 1 N–H and O–H groups in total. The fourth-order valence-electron chi connectivity index (χ4n) is 3.85. The number of hydrogen-bond acceptors (Lipinski definition) is 5. The molecule has 4 heterocycles.